The Kier molecular flexibility index (Phi) is 3.78. The Morgan fingerprint density at radius 2 is 1.50 bits per heavy atom. The van der Waals surface area contributed by atoms with Crippen molar-refractivity contribution in [2.24, 2.45) is 0 Å². The lowest BCUT2D eigenvalue weighted by atomic mass is 31.1. The molecule has 0 saturated carbocycles. The van der Waals surface area contributed by atoms with Gasteiger partial charge in [0.2, 0.25) is 0 Å². The van der Waals surface area contributed by atoms with Crippen LogP contribution in [0.2, 0.25) is 0 Å². The Bertz CT molecular complexity index is 51.7. The maximum absolute atomic E-state index is 4.45. The van der Waals surface area contributed by atoms with Gasteiger partial charge in [0.05, 0.1) is 0 Å². The van der Waals surface area contributed by atoms with Gasteiger partial charge in [-0.15, -0.1) is 0 Å². The van der Waals surface area contributed by atoms with Crippen LogP contribution in [0.3, 0.4) is 0 Å². The van der Waals surface area contributed by atoms with Gasteiger partial charge < -0.3 is 0 Å². The third-order valence-corrected chi connectivity index (χ3v) is 0. The fourth-order valence-corrected chi connectivity index (χ4v) is 0. The second-order valence-electron chi connectivity index (χ2n) is 0.194. The molecule has 0 rings (SSSR count). The molecule has 0 unspecified atom stereocenters. The summed E-state index contributed by atoms with van der Waals surface area (Å²) < 4.78 is 0. The first kappa shape index (κ1) is 5.52. The van der Waals surface area contributed by atoms with Gasteiger partial charge in [-0.05, 0) is 0 Å². The predicted octanol–water partition coefficient (Wildman–Crippen LogP) is 0.879. The van der Waals surface area contributed by atoms with Crippen molar-refractivity contribution in [3.63, 3.8) is 0 Å². The van der Waals surface area contributed by atoms with Crippen molar-refractivity contribution in [1.29, 1.82) is 0 Å². The Morgan fingerprint density at radius 3 is 1.50 bits per heavy atom. The molecule has 0 aromatic heterocycles. The third-order valence-electron chi connectivity index (χ3n) is 0. The second-order valence-corrected chi connectivity index (χ2v) is 9.44. The van der Waals surface area contributed by atoms with E-state index < -0.39 is 0 Å². The molecule has 0 aromatic carbocycles. The molecule has 0 bridgehead atoms. The summed E-state index contributed by atoms with van der Waals surface area (Å²) in [6.07, 6.45) is 0. The van der Waals surface area contributed by atoms with Gasteiger partial charge in [-0.1, -0.05) is 0 Å². The number of hydrogen-bond donors (Lipinski definition) is 0. The minimum Gasteiger partial charge on any atom is -0.287 e. The lowest BCUT2D eigenvalue weighted by molar-refractivity contribution is 6.30. The van der Waals surface area contributed by atoms with E-state index in [1.807, 2.05) is 21.2 Å². The molecule has 0 spiro atoms. The van der Waals surface area contributed by atoms with Gasteiger partial charge in [-0.2, -0.15) is 0 Å². The van der Waals surface area contributed by atoms with E-state index in [0.29, 0.717) is 0 Å². The van der Waals surface area contributed by atoms with Crippen LogP contribution in [0.1, 0.15) is 0 Å². The fourth-order valence-electron chi connectivity index (χ4n) is 0. The van der Waals surface area contributed by atoms with Gasteiger partial charge in [0, 0.05) is 0 Å². The summed E-state index contributed by atoms with van der Waals surface area (Å²) >= 11 is 10.9. The first-order valence-corrected chi connectivity index (χ1v) is 6.11. The van der Waals surface area contributed by atoms with Crippen molar-refractivity contribution in [2.45, 2.75) is 0 Å². The molecule has 0 saturated heterocycles. The molecule has 26 valence electrons. The van der Waals surface area contributed by atoms with Crippen molar-refractivity contribution in [3.8, 4) is 0 Å². The molecular weight excluding hydrogens is 223 g/mol. The van der Waals surface area contributed by atoms with Crippen LogP contribution in [0.25, 0.3) is 0 Å². The van der Waals surface area contributed by atoms with E-state index in [-0.39, 0.29) is 5.18 Å². The summed E-state index contributed by atoms with van der Waals surface area (Å²) in [6.45, 7) is 0. The zero-order valence-electron chi connectivity index (χ0n) is 1.60. The minimum absolute atomic E-state index is 0.224. The molecule has 0 aliphatic carbocycles. The third kappa shape index (κ3) is 9.68. The monoisotopic (exact) mass is 223 g/mol. The molecule has 4 heteroatoms. The fraction of sp³-hybridized carbons (Fsp3) is 0. The van der Waals surface area contributed by atoms with Gasteiger partial charge in [0.25, 0.3) is 0 Å². The van der Waals surface area contributed by atoms with Crippen LogP contribution >= 0.6 is 21.2 Å². The molecule has 0 fully saturated rings. The van der Waals surface area contributed by atoms with Crippen LogP contribution in [0.4, 0.5) is 0 Å². The van der Waals surface area contributed by atoms with E-state index in [0.717, 1.165) is 0 Å². The van der Waals surface area contributed by atoms with Gasteiger partial charge >= 0.3 is 0 Å². The van der Waals surface area contributed by atoms with Crippen molar-refractivity contribution < 1.29 is 0 Å². The number of hydrogen-bond acceptors (Lipinski definition) is 3. The maximum Gasteiger partial charge on any atom is -0.215 e. The smallest absolute Gasteiger partial charge is 0.215 e. The highest BCUT2D eigenvalue weighted by molar-refractivity contribution is 14.2. The Morgan fingerprint density at radius 1 is 1.50 bits per heavy atom. The van der Waals surface area contributed by atoms with Crippen LogP contribution in [0.15, 0.2) is 0 Å². The molecule has 0 amide bonds. The van der Waals surface area contributed by atoms with Crippen molar-refractivity contribution in [3.05, 3.63) is 0 Å². The Hall–Kier alpha value is 1.52. The zero-order valence-corrected chi connectivity index (χ0v) is 6.21. The maximum atomic E-state index is 4.45. The zero-order chi connectivity index (χ0) is 3.58. The lowest BCUT2D eigenvalue weighted by Gasteiger charge is -1.67. The van der Waals surface area contributed by atoms with Crippen LogP contribution in [-0.4, -0.2) is 0 Å². The molecule has 0 N–H and O–H groups in total. The van der Waals surface area contributed by atoms with E-state index in [9.17, 15) is 0 Å². The molecule has 0 nitrogen and oxygen atoms in total. The summed E-state index contributed by atoms with van der Waals surface area (Å²) in [7, 11) is 0. The summed E-state index contributed by atoms with van der Waals surface area (Å²) in [5.74, 6) is 0. The van der Waals surface area contributed by atoms with E-state index in [1.54, 1.807) is 0 Å². The molecule has 0 radical (unpaired) electrons. The predicted molar refractivity (Wildman–Crippen MR) is 36.1 cm³/mol. The van der Waals surface area contributed by atoms with Crippen molar-refractivity contribution >= 4 is 48.8 Å². The van der Waals surface area contributed by atoms with Crippen LogP contribution in [0.5, 0.6) is 0 Å². The van der Waals surface area contributed by atoms with E-state index in [2.05, 4.69) is 22.4 Å². The largest absolute Gasteiger partial charge is 0.287 e. The standard InChI is InChI=1S/IS3/c1-4(2)3/q-1. The van der Waals surface area contributed by atoms with Crippen molar-refractivity contribution in [1.82, 2.24) is 0 Å². The van der Waals surface area contributed by atoms with Crippen LogP contribution in [0, 0.1) is 0 Å². The average molecular weight is 223 g/mol. The first-order valence-electron chi connectivity index (χ1n) is 0.488. The Labute approximate surface area is 48.4 Å². The van der Waals surface area contributed by atoms with Crippen LogP contribution in [-0.2, 0) is 27.6 Å². The molecule has 0 atom stereocenters. The highest BCUT2D eigenvalue weighted by Gasteiger charge is 1.16. The summed E-state index contributed by atoms with van der Waals surface area (Å²) in [5, 5.41) is -0.224. The average Bonchev–Trinajstić information content (AvgIpc) is 0.811. The first-order chi connectivity index (χ1) is 1.73. The SMILES string of the molecule is S=[S-](=S)I. The van der Waals surface area contributed by atoms with Gasteiger partial charge in [-0.3, -0.25) is 5.18 Å². The van der Waals surface area contributed by atoms with E-state index in [4.69, 9.17) is 0 Å². The highest BCUT2D eigenvalue weighted by atomic mass is 127. The molecule has 0 aliphatic heterocycles. The molecule has 4 heavy (non-hydrogen) atoms. The molecule has 0 aliphatic rings. The summed E-state index contributed by atoms with van der Waals surface area (Å²) in [5.41, 5.74) is 0. The van der Waals surface area contributed by atoms with E-state index in [1.165, 1.54) is 0 Å². The van der Waals surface area contributed by atoms with Gasteiger partial charge in [0.1, 0.15) is 0 Å². The van der Waals surface area contributed by atoms with Gasteiger partial charge in [-0.25, -0.2) is 43.6 Å². The van der Waals surface area contributed by atoms with Crippen molar-refractivity contribution in [2.75, 3.05) is 0 Å². The van der Waals surface area contributed by atoms with Crippen LogP contribution < -0.4 is 0 Å². The minimum atomic E-state index is -0.224. The normalized spacial score (nSPS) is 8.50. The summed E-state index contributed by atoms with van der Waals surface area (Å²) in [4.78, 5) is 0. The molecule has 0 aromatic rings. The molecular formula is IS3-. The van der Waals surface area contributed by atoms with Gasteiger partial charge in [0.15, 0.2) is 0 Å². The number of halogens is 1. The quantitative estimate of drug-likeness (QED) is 0.339. The lowest BCUT2D eigenvalue weighted by Crippen LogP contribution is -1.26. The number of rotatable bonds is 0. The molecule has 0 heterocycles. The second kappa shape index (κ2) is 2.74. The topological polar surface area (TPSA) is 0 Å². The Balaban J connectivity index is 3.51. The van der Waals surface area contributed by atoms with E-state index >= 15 is 0 Å². The highest BCUT2D eigenvalue weighted by Crippen LogP contribution is 1.74. The summed E-state index contributed by atoms with van der Waals surface area (Å²) in [6, 6.07) is 0.